The minimum atomic E-state index is 0.129. The Hall–Kier alpha value is -1.09. The number of nitrogens with one attached hydrogen (secondary N) is 1. The third-order valence-electron chi connectivity index (χ3n) is 2.91. The molecule has 0 aliphatic heterocycles. The molecule has 1 N–H and O–H groups in total. The van der Waals surface area contributed by atoms with Gasteiger partial charge in [-0.05, 0) is 36.6 Å². The molecule has 0 amide bonds. The normalized spacial score (nSPS) is 11.5. The zero-order valence-electron chi connectivity index (χ0n) is 10.7. The van der Waals surface area contributed by atoms with Crippen LogP contribution < -0.4 is 10.1 Å². The van der Waals surface area contributed by atoms with Gasteiger partial charge in [-0.2, -0.15) is 0 Å². The van der Waals surface area contributed by atoms with Crippen molar-refractivity contribution in [2.24, 2.45) is 0 Å². The van der Waals surface area contributed by atoms with E-state index in [-0.39, 0.29) is 5.41 Å². The van der Waals surface area contributed by atoms with E-state index < -0.39 is 0 Å². The van der Waals surface area contributed by atoms with Gasteiger partial charge in [-0.3, -0.25) is 4.98 Å². The van der Waals surface area contributed by atoms with Gasteiger partial charge in [0, 0.05) is 6.20 Å². The van der Waals surface area contributed by atoms with Gasteiger partial charge in [0.25, 0.3) is 0 Å². The summed E-state index contributed by atoms with van der Waals surface area (Å²) in [6.07, 6.45) is 4.76. The molecule has 1 rings (SSSR count). The highest BCUT2D eigenvalue weighted by atomic mass is 16.5. The third kappa shape index (κ3) is 3.49. The summed E-state index contributed by atoms with van der Waals surface area (Å²) in [6.45, 7) is 8.65. The molecular formula is C13H22N2O. The molecule has 3 heteroatoms. The molecule has 0 radical (unpaired) electrons. The van der Waals surface area contributed by atoms with Crippen molar-refractivity contribution in [3.63, 3.8) is 0 Å². The monoisotopic (exact) mass is 222 g/mol. The first-order valence-corrected chi connectivity index (χ1v) is 5.80. The molecule has 0 saturated carbocycles. The van der Waals surface area contributed by atoms with Crippen LogP contribution in [0, 0.1) is 0 Å². The van der Waals surface area contributed by atoms with E-state index >= 15 is 0 Å². The molecule has 0 atom stereocenters. The third-order valence-corrected chi connectivity index (χ3v) is 2.91. The summed E-state index contributed by atoms with van der Waals surface area (Å²) in [5.74, 6) is 0.828. The highest BCUT2D eigenvalue weighted by molar-refractivity contribution is 5.28. The van der Waals surface area contributed by atoms with Crippen LogP contribution in [0.2, 0.25) is 0 Å². The number of hydrogen-bond donors (Lipinski definition) is 1. The number of hydrogen-bond acceptors (Lipinski definition) is 3. The first-order valence-electron chi connectivity index (χ1n) is 5.80. The maximum atomic E-state index is 5.20. The zero-order chi connectivity index (χ0) is 12.0. The molecule has 0 aromatic carbocycles. The average Bonchev–Trinajstić information content (AvgIpc) is 2.29. The zero-order valence-corrected chi connectivity index (χ0v) is 10.7. The Morgan fingerprint density at radius 1 is 1.38 bits per heavy atom. The van der Waals surface area contributed by atoms with Crippen LogP contribution in [0.5, 0.6) is 5.75 Å². The molecular weight excluding hydrogens is 200 g/mol. The molecule has 3 nitrogen and oxygen atoms in total. The minimum absolute atomic E-state index is 0.129. The Morgan fingerprint density at radius 2 is 2.12 bits per heavy atom. The lowest BCUT2D eigenvalue weighted by atomic mass is 9.82. The quantitative estimate of drug-likeness (QED) is 0.750. The summed E-state index contributed by atoms with van der Waals surface area (Å²) in [5.41, 5.74) is 1.36. The Kier molecular flexibility index (Phi) is 4.74. The molecule has 0 bridgehead atoms. The molecule has 90 valence electrons. The van der Waals surface area contributed by atoms with Crippen LogP contribution in [0.4, 0.5) is 0 Å². The minimum Gasteiger partial charge on any atom is -0.495 e. The smallest absolute Gasteiger partial charge is 0.137 e. The fourth-order valence-electron chi connectivity index (χ4n) is 1.62. The van der Waals surface area contributed by atoms with Crippen molar-refractivity contribution >= 4 is 0 Å². The summed E-state index contributed by atoms with van der Waals surface area (Å²) in [6, 6.07) is 2.07. The number of rotatable bonds is 6. The second-order valence-electron chi connectivity index (χ2n) is 4.60. The topological polar surface area (TPSA) is 34.2 Å². The van der Waals surface area contributed by atoms with E-state index in [1.54, 1.807) is 13.3 Å². The second kappa shape index (κ2) is 5.85. The molecule has 0 fully saturated rings. The molecule has 0 aliphatic rings. The van der Waals surface area contributed by atoms with Crippen molar-refractivity contribution in [1.82, 2.24) is 10.3 Å². The molecule has 0 unspecified atom stereocenters. The van der Waals surface area contributed by atoms with Gasteiger partial charge in [-0.15, -0.1) is 0 Å². The Bertz CT molecular complexity index is 323. The maximum Gasteiger partial charge on any atom is 0.137 e. The lowest BCUT2D eigenvalue weighted by molar-refractivity contribution is 0.406. The van der Waals surface area contributed by atoms with E-state index in [4.69, 9.17) is 4.74 Å². The van der Waals surface area contributed by atoms with E-state index in [9.17, 15) is 0 Å². The van der Waals surface area contributed by atoms with Crippen molar-refractivity contribution in [3.8, 4) is 5.75 Å². The maximum absolute atomic E-state index is 5.20. The van der Waals surface area contributed by atoms with Gasteiger partial charge in [-0.1, -0.05) is 20.8 Å². The van der Waals surface area contributed by atoms with E-state index in [0.29, 0.717) is 0 Å². The van der Waals surface area contributed by atoms with E-state index in [0.717, 1.165) is 25.3 Å². The SMILES string of the molecule is CCNCCC(C)(C)c1cncc(OC)c1. The Balaban J connectivity index is 2.72. The lowest BCUT2D eigenvalue weighted by Crippen LogP contribution is -2.25. The fourth-order valence-corrected chi connectivity index (χ4v) is 1.62. The van der Waals surface area contributed by atoms with E-state index in [1.165, 1.54) is 5.56 Å². The summed E-state index contributed by atoms with van der Waals surface area (Å²) in [4.78, 5) is 4.20. The van der Waals surface area contributed by atoms with Crippen LogP contribution >= 0.6 is 0 Å². The van der Waals surface area contributed by atoms with Crippen LogP contribution in [-0.4, -0.2) is 25.2 Å². The van der Waals surface area contributed by atoms with Gasteiger partial charge < -0.3 is 10.1 Å². The average molecular weight is 222 g/mol. The van der Waals surface area contributed by atoms with Crippen molar-refractivity contribution < 1.29 is 4.74 Å². The van der Waals surface area contributed by atoms with E-state index in [1.807, 2.05) is 6.20 Å². The lowest BCUT2D eigenvalue weighted by Gasteiger charge is -2.25. The number of nitrogens with zero attached hydrogens (tertiary/aromatic N) is 1. The van der Waals surface area contributed by atoms with Gasteiger partial charge in [0.05, 0.1) is 13.3 Å². The Morgan fingerprint density at radius 3 is 2.75 bits per heavy atom. The van der Waals surface area contributed by atoms with Crippen LogP contribution in [0.25, 0.3) is 0 Å². The molecule has 0 spiro atoms. The van der Waals surface area contributed by atoms with Crippen LogP contribution in [0.15, 0.2) is 18.5 Å². The van der Waals surface area contributed by atoms with Crippen LogP contribution in [-0.2, 0) is 5.41 Å². The van der Waals surface area contributed by atoms with Gasteiger partial charge in [-0.25, -0.2) is 0 Å². The van der Waals surface area contributed by atoms with Gasteiger partial charge in [0.15, 0.2) is 0 Å². The highest BCUT2D eigenvalue weighted by Gasteiger charge is 2.20. The van der Waals surface area contributed by atoms with Crippen molar-refractivity contribution in [3.05, 3.63) is 24.0 Å². The molecule has 1 heterocycles. The Labute approximate surface area is 98.2 Å². The van der Waals surface area contributed by atoms with Crippen LogP contribution in [0.1, 0.15) is 32.8 Å². The van der Waals surface area contributed by atoms with Crippen molar-refractivity contribution in [1.29, 1.82) is 0 Å². The summed E-state index contributed by atoms with van der Waals surface area (Å²) in [5, 5.41) is 3.35. The standard InChI is InChI=1S/C13H22N2O/c1-5-14-7-6-13(2,3)11-8-12(16-4)10-15-9-11/h8-10,14H,5-7H2,1-4H3. The number of aromatic nitrogens is 1. The first-order chi connectivity index (χ1) is 7.60. The fraction of sp³-hybridized carbons (Fsp3) is 0.615. The molecule has 0 saturated heterocycles. The van der Waals surface area contributed by atoms with Crippen LogP contribution in [0.3, 0.4) is 0 Å². The summed E-state index contributed by atoms with van der Waals surface area (Å²) in [7, 11) is 1.67. The van der Waals surface area contributed by atoms with Crippen molar-refractivity contribution in [2.75, 3.05) is 20.2 Å². The van der Waals surface area contributed by atoms with Gasteiger partial charge in [0.1, 0.15) is 5.75 Å². The molecule has 1 aromatic heterocycles. The molecule has 16 heavy (non-hydrogen) atoms. The number of pyridine rings is 1. The largest absolute Gasteiger partial charge is 0.495 e. The van der Waals surface area contributed by atoms with Crippen molar-refractivity contribution in [2.45, 2.75) is 32.6 Å². The highest BCUT2D eigenvalue weighted by Crippen LogP contribution is 2.28. The number of ether oxygens (including phenoxy) is 1. The summed E-state index contributed by atoms with van der Waals surface area (Å²) < 4.78 is 5.20. The number of methoxy groups -OCH3 is 1. The first kappa shape index (κ1) is 13.0. The molecule has 1 aromatic rings. The second-order valence-corrected chi connectivity index (χ2v) is 4.60. The molecule has 0 aliphatic carbocycles. The predicted octanol–water partition coefficient (Wildman–Crippen LogP) is 2.37. The van der Waals surface area contributed by atoms with Gasteiger partial charge in [0.2, 0.25) is 0 Å². The summed E-state index contributed by atoms with van der Waals surface area (Å²) >= 11 is 0. The van der Waals surface area contributed by atoms with E-state index in [2.05, 4.69) is 37.1 Å². The van der Waals surface area contributed by atoms with Gasteiger partial charge >= 0.3 is 0 Å². The predicted molar refractivity (Wildman–Crippen MR) is 67.0 cm³/mol.